The molecule has 1 fully saturated rings. The maximum absolute atomic E-state index is 15.0. The molecule has 164 valence electrons. The van der Waals surface area contributed by atoms with Gasteiger partial charge in [0.25, 0.3) is 0 Å². The van der Waals surface area contributed by atoms with Crippen molar-refractivity contribution in [2.24, 2.45) is 0 Å². The molecule has 2 N–H and O–H groups in total. The number of rotatable bonds is 4. The first-order chi connectivity index (χ1) is 15.0. The van der Waals surface area contributed by atoms with Gasteiger partial charge in [0.15, 0.2) is 5.82 Å². The highest BCUT2D eigenvalue weighted by molar-refractivity contribution is 5.89. The zero-order valence-corrected chi connectivity index (χ0v) is 17.6. The first kappa shape index (κ1) is 21.0. The van der Waals surface area contributed by atoms with Crippen LogP contribution in [0.25, 0.3) is 11.4 Å². The van der Waals surface area contributed by atoms with E-state index < -0.39 is 11.8 Å². The molecule has 2 aliphatic heterocycles. The number of morpholine rings is 1. The summed E-state index contributed by atoms with van der Waals surface area (Å²) in [5.41, 5.74) is 2.20. The molecule has 3 heterocycles. The summed E-state index contributed by atoms with van der Waals surface area (Å²) >= 11 is 0. The molecule has 2 aliphatic rings. The maximum Gasteiger partial charge on any atom is 0.319 e. The van der Waals surface area contributed by atoms with Crippen molar-refractivity contribution in [3.05, 3.63) is 35.3 Å². The van der Waals surface area contributed by atoms with E-state index >= 15 is 0 Å². The molecule has 1 aromatic carbocycles. The molecule has 0 bridgehead atoms. The summed E-state index contributed by atoms with van der Waals surface area (Å²) in [4.78, 5) is 36.7. The number of fused-ring (bicyclic) bond motifs is 1. The van der Waals surface area contributed by atoms with Crippen LogP contribution in [-0.2, 0) is 22.6 Å². The lowest BCUT2D eigenvalue weighted by atomic mass is 10.1. The van der Waals surface area contributed by atoms with E-state index in [2.05, 4.69) is 20.5 Å². The maximum atomic E-state index is 15.0. The van der Waals surface area contributed by atoms with Gasteiger partial charge in [-0.25, -0.2) is 19.2 Å². The number of urea groups is 1. The van der Waals surface area contributed by atoms with Gasteiger partial charge in [0.1, 0.15) is 11.6 Å². The van der Waals surface area contributed by atoms with Crippen molar-refractivity contribution in [3.63, 3.8) is 0 Å². The van der Waals surface area contributed by atoms with Gasteiger partial charge in [-0.1, -0.05) is 0 Å². The summed E-state index contributed by atoms with van der Waals surface area (Å²) in [7, 11) is 0. The summed E-state index contributed by atoms with van der Waals surface area (Å²) in [6.07, 6.45) is 0. The molecular weight excluding hydrogens is 403 g/mol. The molecule has 2 aromatic rings. The van der Waals surface area contributed by atoms with Crippen molar-refractivity contribution >= 4 is 23.4 Å². The Morgan fingerprint density at radius 3 is 2.65 bits per heavy atom. The van der Waals surface area contributed by atoms with Crippen molar-refractivity contribution in [2.75, 3.05) is 43.1 Å². The highest BCUT2D eigenvalue weighted by atomic mass is 19.1. The van der Waals surface area contributed by atoms with Gasteiger partial charge < -0.3 is 25.2 Å². The summed E-state index contributed by atoms with van der Waals surface area (Å²) in [5, 5.41) is 5.19. The van der Waals surface area contributed by atoms with Gasteiger partial charge in [-0.3, -0.25) is 4.79 Å². The van der Waals surface area contributed by atoms with Gasteiger partial charge >= 0.3 is 6.03 Å². The third-order valence-electron chi connectivity index (χ3n) is 5.32. The Kier molecular flexibility index (Phi) is 5.99. The lowest BCUT2D eigenvalue weighted by molar-refractivity contribution is -0.129. The molecule has 3 amide bonds. The van der Waals surface area contributed by atoms with Crippen LogP contribution in [0.15, 0.2) is 18.2 Å². The number of amides is 3. The molecule has 31 heavy (non-hydrogen) atoms. The summed E-state index contributed by atoms with van der Waals surface area (Å²) in [6, 6.07) is 4.01. The fourth-order valence-corrected chi connectivity index (χ4v) is 3.73. The SMILES string of the molecule is CCNC(=O)Nc1ccc(-c2nc3c(c(N4CCOCC4)n2)CN(C(C)=O)C3)c(F)c1. The van der Waals surface area contributed by atoms with Crippen LogP contribution in [0.2, 0.25) is 0 Å². The third-order valence-corrected chi connectivity index (χ3v) is 5.32. The average Bonchev–Trinajstić information content (AvgIpc) is 3.18. The minimum Gasteiger partial charge on any atom is -0.378 e. The minimum atomic E-state index is -0.538. The van der Waals surface area contributed by atoms with E-state index in [-0.39, 0.29) is 17.3 Å². The number of ether oxygens (including phenoxy) is 1. The van der Waals surface area contributed by atoms with Gasteiger partial charge in [0.2, 0.25) is 5.91 Å². The topological polar surface area (TPSA) is 99.7 Å². The van der Waals surface area contributed by atoms with Gasteiger partial charge in [0.05, 0.1) is 37.6 Å². The molecule has 4 rings (SSSR count). The van der Waals surface area contributed by atoms with Crippen molar-refractivity contribution in [1.29, 1.82) is 0 Å². The fourth-order valence-electron chi connectivity index (χ4n) is 3.73. The Balaban J connectivity index is 1.70. The predicted molar refractivity (Wildman–Crippen MR) is 113 cm³/mol. The molecule has 0 unspecified atom stereocenters. The van der Waals surface area contributed by atoms with Gasteiger partial charge in [-0.05, 0) is 25.1 Å². The standard InChI is InChI=1S/C21H25FN6O3/c1-3-23-21(30)24-14-4-5-15(17(22)10-14)19-25-18-12-28(13(2)29)11-16(18)20(26-19)27-6-8-31-9-7-27/h4-5,10H,3,6-9,11-12H2,1-2H3,(H2,23,24,30). The van der Waals surface area contributed by atoms with E-state index in [4.69, 9.17) is 9.72 Å². The monoisotopic (exact) mass is 428 g/mol. The van der Waals surface area contributed by atoms with E-state index in [1.807, 2.05) is 0 Å². The number of aromatic nitrogens is 2. The Morgan fingerprint density at radius 2 is 1.97 bits per heavy atom. The molecule has 9 nitrogen and oxygen atoms in total. The molecule has 0 atom stereocenters. The number of nitrogens with one attached hydrogen (secondary N) is 2. The van der Waals surface area contributed by atoms with Gasteiger partial charge in [0, 0.05) is 37.8 Å². The number of nitrogens with zero attached hydrogens (tertiary/aromatic N) is 4. The van der Waals surface area contributed by atoms with Crippen LogP contribution in [0, 0.1) is 5.82 Å². The molecule has 0 spiro atoms. The first-order valence-corrected chi connectivity index (χ1v) is 10.3. The van der Waals surface area contributed by atoms with E-state index in [9.17, 15) is 14.0 Å². The van der Waals surface area contributed by atoms with E-state index in [0.717, 1.165) is 17.1 Å². The van der Waals surface area contributed by atoms with E-state index in [1.165, 1.54) is 13.0 Å². The van der Waals surface area contributed by atoms with Crippen LogP contribution >= 0.6 is 0 Å². The normalized spacial score (nSPS) is 15.6. The van der Waals surface area contributed by atoms with Crippen LogP contribution < -0.4 is 15.5 Å². The average molecular weight is 428 g/mol. The van der Waals surface area contributed by atoms with Crippen LogP contribution in [0.1, 0.15) is 25.1 Å². The van der Waals surface area contributed by atoms with Crippen LogP contribution in [0.4, 0.5) is 20.7 Å². The molecule has 1 saturated heterocycles. The second kappa shape index (κ2) is 8.84. The Labute approximate surface area is 179 Å². The Morgan fingerprint density at radius 1 is 1.19 bits per heavy atom. The zero-order valence-electron chi connectivity index (χ0n) is 17.6. The van der Waals surface area contributed by atoms with Gasteiger partial charge in [-0.15, -0.1) is 0 Å². The van der Waals surface area contributed by atoms with E-state index in [0.29, 0.717) is 51.6 Å². The zero-order chi connectivity index (χ0) is 22.0. The first-order valence-electron chi connectivity index (χ1n) is 10.3. The van der Waals surface area contributed by atoms with E-state index in [1.54, 1.807) is 24.0 Å². The second-order valence-corrected chi connectivity index (χ2v) is 7.45. The molecule has 1 aromatic heterocycles. The number of hydrogen-bond acceptors (Lipinski definition) is 6. The van der Waals surface area contributed by atoms with Crippen LogP contribution in [0.5, 0.6) is 0 Å². The summed E-state index contributed by atoms with van der Waals surface area (Å²) in [6.45, 7) is 7.10. The number of anilines is 2. The third kappa shape index (κ3) is 4.43. The number of halogens is 1. The van der Waals surface area contributed by atoms with Crippen molar-refractivity contribution in [3.8, 4) is 11.4 Å². The second-order valence-electron chi connectivity index (χ2n) is 7.45. The van der Waals surface area contributed by atoms with Gasteiger partial charge in [-0.2, -0.15) is 0 Å². The quantitative estimate of drug-likeness (QED) is 0.774. The van der Waals surface area contributed by atoms with Crippen molar-refractivity contribution in [1.82, 2.24) is 20.2 Å². The molecule has 0 saturated carbocycles. The summed E-state index contributed by atoms with van der Waals surface area (Å²) < 4.78 is 20.4. The van der Waals surface area contributed by atoms with Crippen molar-refractivity contribution in [2.45, 2.75) is 26.9 Å². The van der Waals surface area contributed by atoms with Crippen LogP contribution in [0.3, 0.4) is 0 Å². The molecule has 0 radical (unpaired) electrons. The highest BCUT2D eigenvalue weighted by Crippen LogP contribution is 2.33. The minimum absolute atomic E-state index is 0.0422. The van der Waals surface area contributed by atoms with Crippen molar-refractivity contribution < 1.29 is 18.7 Å². The number of carbonyl (C=O) groups excluding carboxylic acids is 2. The number of carbonyl (C=O) groups is 2. The largest absolute Gasteiger partial charge is 0.378 e. The smallest absolute Gasteiger partial charge is 0.319 e. The lowest BCUT2D eigenvalue weighted by Gasteiger charge is -2.29. The number of hydrogen-bond donors (Lipinski definition) is 2. The number of benzene rings is 1. The Hall–Kier alpha value is -3.27. The van der Waals surface area contributed by atoms with Crippen LogP contribution in [-0.4, -0.2) is 59.7 Å². The lowest BCUT2D eigenvalue weighted by Crippen LogP contribution is -2.37. The summed E-state index contributed by atoms with van der Waals surface area (Å²) in [5.74, 6) is 0.395. The molecular formula is C21H25FN6O3. The molecule has 10 heteroatoms. The highest BCUT2D eigenvalue weighted by Gasteiger charge is 2.30. The predicted octanol–water partition coefficient (Wildman–Crippen LogP) is 2.12. The molecule has 0 aliphatic carbocycles. The Bertz CT molecular complexity index is 1010. The fraction of sp³-hybridized carbons (Fsp3) is 0.429.